The average Bonchev–Trinajstić information content (AvgIpc) is 2.92. The first-order valence-electron chi connectivity index (χ1n) is 5.76. The highest BCUT2D eigenvalue weighted by Gasteiger charge is 2.40. The zero-order valence-electron chi connectivity index (χ0n) is 10.2. The van der Waals surface area contributed by atoms with Crippen LogP contribution in [0.5, 0.6) is 0 Å². The van der Waals surface area contributed by atoms with E-state index in [1.54, 1.807) is 30.3 Å². The van der Waals surface area contributed by atoms with Crippen molar-refractivity contribution in [3.05, 3.63) is 52.5 Å². The van der Waals surface area contributed by atoms with Crippen molar-refractivity contribution in [2.24, 2.45) is 0 Å². The second kappa shape index (κ2) is 6.04. The van der Waals surface area contributed by atoms with Crippen LogP contribution in [-0.2, 0) is 6.42 Å². The lowest BCUT2D eigenvalue weighted by Gasteiger charge is -2.21. The average molecular weight is 300 g/mol. The van der Waals surface area contributed by atoms with Crippen LogP contribution in [-0.4, -0.2) is 23.1 Å². The van der Waals surface area contributed by atoms with Gasteiger partial charge in [-0.2, -0.15) is 13.2 Å². The van der Waals surface area contributed by atoms with Crippen molar-refractivity contribution in [3.63, 3.8) is 0 Å². The van der Waals surface area contributed by atoms with E-state index in [9.17, 15) is 18.0 Å². The molecule has 7 heteroatoms. The Balaban J connectivity index is 2.11. The molecule has 0 radical (unpaired) electrons. The Morgan fingerprint density at radius 3 is 2.55 bits per heavy atom. The number of alkyl halides is 3. The quantitative estimate of drug-likeness (QED) is 0.943. The fraction of sp³-hybridized carbons (Fsp3) is 0.231. The summed E-state index contributed by atoms with van der Waals surface area (Å²) in [6.45, 7) is 0. The summed E-state index contributed by atoms with van der Waals surface area (Å²) in [5.41, 5.74) is 1.90. The lowest BCUT2D eigenvalue weighted by molar-refractivity contribution is -0.153. The van der Waals surface area contributed by atoms with E-state index >= 15 is 0 Å². The molecular formula is C13H11F3N2OS. The Morgan fingerprint density at radius 2 is 2.00 bits per heavy atom. The van der Waals surface area contributed by atoms with E-state index in [2.05, 4.69) is 4.98 Å². The van der Waals surface area contributed by atoms with Gasteiger partial charge in [0.15, 0.2) is 0 Å². The van der Waals surface area contributed by atoms with Crippen molar-refractivity contribution in [2.45, 2.75) is 18.6 Å². The molecule has 0 bridgehead atoms. The Bertz CT molecular complexity index is 555. The van der Waals surface area contributed by atoms with Crippen LogP contribution >= 0.6 is 11.3 Å². The summed E-state index contributed by atoms with van der Waals surface area (Å²) < 4.78 is 38.9. The number of nitrogens with zero attached hydrogens (tertiary/aromatic N) is 1. The summed E-state index contributed by atoms with van der Waals surface area (Å²) in [5.74, 6) is -0.815. The van der Waals surface area contributed by atoms with Crippen molar-refractivity contribution >= 4 is 17.2 Å². The van der Waals surface area contributed by atoms with Gasteiger partial charge in [-0.25, -0.2) is 4.98 Å². The fourth-order valence-electron chi connectivity index (χ4n) is 1.66. The number of carbonyl (C=O) groups is 1. The van der Waals surface area contributed by atoms with E-state index in [1.165, 1.54) is 10.9 Å². The number of halogens is 3. The van der Waals surface area contributed by atoms with E-state index in [-0.39, 0.29) is 12.1 Å². The number of amides is 1. The molecule has 0 aliphatic carbocycles. The van der Waals surface area contributed by atoms with Crippen LogP contribution in [0.3, 0.4) is 0 Å². The van der Waals surface area contributed by atoms with Gasteiger partial charge in [-0.1, -0.05) is 30.3 Å². The number of aromatic nitrogens is 1. The zero-order valence-corrected chi connectivity index (χ0v) is 11.0. The van der Waals surface area contributed by atoms with Gasteiger partial charge in [0, 0.05) is 11.8 Å². The predicted molar refractivity (Wildman–Crippen MR) is 69.6 cm³/mol. The van der Waals surface area contributed by atoms with Crippen molar-refractivity contribution < 1.29 is 18.0 Å². The molecule has 106 valence electrons. The molecule has 3 nitrogen and oxygen atoms in total. The van der Waals surface area contributed by atoms with Crippen LogP contribution in [0.1, 0.15) is 16.1 Å². The minimum absolute atomic E-state index is 0.00249. The molecule has 1 atom stereocenters. The number of hydrogen-bond donors (Lipinski definition) is 1. The molecule has 0 fully saturated rings. The maximum Gasteiger partial charge on any atom is 0.408 e. The number of benzene rings is 1. The van der Waals surface area contributed by atoms with E-state index in [1.807, 2.05) is 5.32 Å². The molecule has 0 spiro atoms. The van der Waals surface area contributed by atoms with Gasteiger partial charge in [-0.3, -0.25) is 4.79 Å². The van der Waals surface area contributed by atoms with Gasteiger partial charge in [-0.05, 0) is 5.56 Å². The smallest absolute Gasteiger partial charge is 0.339 e. The van der Waals surface area contributed by atoms with Crippen LogP contribution < -0.4 is 5.32 Å². The van der Waals surface area contributed by atoms with E-state index < -0.39 is 18.1 Å². The van der Waals surface area contributed by atoms with Crippen molar-refractivity contribution in [1.29, 1.82) is 0 Å². The first-order valence-corrected chi connectivity index (χ1v) is 6.71. The lowest BCUT2D eigenvalue weighted by Crippen LogP contribution is -2.46. The van der Waals surface area contributed by atoms with Crippen molar-refractivity contribution in [3.8, 4) is 0 Å². The summed E-state index contributed by atoms with van der Waals surface area (Å²) in [7, 11) is 0. The predicted octanol–water partition coefficient (Wildman–Crippen LogP) is 3.05. The minimum Gasteiger partial charge on any atom is -0.339 e. The molecule has 0 saturated heterocycles. The molecule has 2 rings (SSSR count). The van der Waals surface area contributed by atoms with E-state index in [0.29, 0.717) is 5.56 Å². The first-order chi connectivity index (χ1) is 9.47. The zero-order chi connectivity index (χ0) is 14.6. The van der Waals surface area contributed by atoms with Crippen LogP contribution in [0.4, 0.5) is 13.2 Å². The second-order valence-corrected chi connectivity index (χ2v) is 4.85. The molecule has 0 unspecified atom stereocenters. The van der Waals surface area contributed by atoms with Crippen LogP contribution in [0.15, 0.2) is 41.2 Å². The summed E-state index contributed by atoms with van der Waals surface area (Å²) in [6, 6.07) is 6.29. The van der Waals surface area contributed by atoms with Gasteiger partial charge >= 0.3 is 6.18 Å². The molecule has 1 N–H and O–H groups in total. The molecule has 0 aliphatic heterocycles. The van der Waals surface area contributed by atoms with Crippen LogP contribution in [0.2, 0.25) is 0 Å². The second-order valence-electron chi connectivity index (χ2n) is 4.13. The van der Waals surface area contributed by atoms with Gasteiger partial charge in [0.1, 0.15) is 11.7 Å². The van der Waals surface area contributed by atoms with Crippen molar-refractivity contribution in [1.82, 2.24) is 10.3 Å². The van der Waals surface area contributed by atoms with Gasteiger partial charge in [-0.15, -0.1) is 11.3 Å². The Kier molecular flexibility index (Phi) is 4.39. The van der Waals surface area contributed by atoms with Gasteiger partial charge in [0.2, 0.25) is 0 Å². The lowest BCUT2D eigenvalue weighted by atomic mass is 10.1. The molecule has 1 amide bonds. The molecule has 20 heavy (non-hydrogen) atoms. The molecule has 0 aliphatic rings. The standard InChI is InChI=1S/C13H11F3N2OS/c14-13(15,16)11(6-9-4-2-1-3-5-9)18-12(19)10-7-20-8-17-10/h1-5,7-8,11H,6H2,(H,18,19)/t11-/m1/s1. The Labute approximate surface area is 117 Å². The summed E-state index contributed by atoms with van der Waals surface area (Å²) in [5, 5.41) is 3.40. The Morgan fingerprint density at radius 1 is 1.30 bits per heavy atom. The summed E-state index contributed by atoms with van der Waals surface area (Å²) in [6.07, 6.45) is -4.82. The number of rotatable bonds is 4. The highest BCUT2D eigenvalue weighted by atomic mass is 32.1. The molecule has 2 aromatic rings. The number of carbonyl (C=O) groups excluding carboxylic acids is 1. The fourth-order valence-corrected chi connectivity index (χ4v) is 2.19. The van der Waals surface area contributed by atoms with Crippen LogP contribution in [0, 0.1) is 0 Å². The highest BCUT2D eigenvalue weighted by molar-refractivity contribution is 7.07. The number of hydrogen-bond acceptors (Lipinski definition) is 3. The largest absolute Gasteiger partial charge is 0.408 e. The summed E-state index contributed by atoms with van der Waals surface area (Å²) in [4.78, 5) is 15.4. The first kappa shape index (κ1) is 14.5. The third-order valence-corrected chi connectivity index (χ3v) is 3.23. The molecule has 1 aromatic carbocycles. The Hall–Kier alpha value is -1.89. The third-order valence-electron chi connectivity index (χ3n) is 2.65. The molecule has 1 heterocycles. The number of thiazole rings is 1. The van der Waals surface area contributed by atoms with E-state index in [4.69, 9.17) is 0 Å². The third kappa shape index (κ3) is 3.80. The molecule has 1 aromatic heterocycles. The minimum atomic E-state index is -4.51. The SMILES string of the molecule is O=C(N[C@H](Cc1ccccc1)C(F)(F)F)c1cscn1. The maximum absolute atomic E-state index is 13.0. The molecular weight excluding hydrogens is 289 g/mol. The monoisotopic (exact) mass is 300 g/mol. The normalized spacial score (nSPS) is 12.9. The maximum atomic E-state index is 13.0. The van der Waals surface area contributed by atoms with Gasteiger partial charge in [0.25, 0.3) is 5.91 Å². The van der Waals surface area contributed by atoms with Gasteiger partial charge in [0.05, 0.1) is 5.51 Å². The van der Waals surface area contributed by atoms with E-state index in [0.717, 1.165) is 11.3 Å². The summed E-state index contributed by atoms with van der Waals surface area (Å²) >= 11 is 1.15. The highest BCUT2D eigenvalue weighted by Crippen LogP contribution is 2.23. The van der Waals surface area contributed by atoms with Crippen molar-refractivity contribution in [2.75, 3.05) is 0 Å². The topological polar surface area (TPSA) is 42.0 Å². The molecule has 0 saturated carbocycles. The van der Waals surface area contributed by atoms with Gasteiger partial charge < -0.3 is 5.32 Å². The number of nitrogens with one attached hydrogen (secondary N) is 1. The van der Waals surface area contributed by atoms with Crippen LogP contribution in [0.25, 0.3) is 0 Å².